The molecule has 1 aliphatic rings. The lowest BCUT2D eigenvalue weighted by Crippen LogP contribution is -2.48. The van der Waals surface area contributed by atoms with Crippen LogP contribution in [0.3, 0.4) is 0 Å². The van der Waals surface area contributed by atoms with Crippen LogP contribution in [0.4, 0.5) is 11.5 Å². The van der Waals surface area contributed by atoms with E-state index in [1.807, 2.05) is 43.4 Å². The second-order valence-electron chi connectivity index (χ2n) is 7.56. The van der Waals surface area contributed by atoms with Gasteiger partial charge in [-0.15, -0.1) is 10.2 Å². The topological polar surface area (TPSA) is 79.4 Å². The highest BCUT2D eigenvalue weighted by Crippen LogP contribution is 2.27. The quantitative estimate of drug-likeness (QED) is 0.638. The van der Waals surface area contributed by atoms with Crippen molar-refractivity contribution in [2.45, 2.75) is 18.9 Å². The van der Waals surface area contributed by atoms with Crippen molar-refractivity contribution in [3.8, 4) is 17.0 Å². The van der Waals surface area contributed by atoms with E-state index in [1.165, 1.54) is 0 Å². The summed E-state index contributed by atoms with van der Waals surface area (Å²) in [6, 6.07) is 19.3. The minimum Gasteiger partial charge on any atom is -0.497 e. The minimum atomic E-state index is -0.0698. The van der Waals surface area contributed by atoms with Gasteiger partial charge in [0, 0.05) is 43.0 Å². The van der Waals surface area contributed by atoms with Gasteiger partial charge in [-0.05, 0) is 55.3 Å². The van der Waals surface area contributed by atoms with Gasteiger partial charge in [-0.2, -0.15) is 0 Å². The van der Waals surface area contributed by atoms with Gasteiger partial charge >= 0.3 is 0 Å². The van der Waals surface area contributed by atoms with E-state index in [4.69, 9.17) is 4.74 Å². The molecule has 1 saturated heterocycles. The smallest absolute Gasteiger partial charge is 0.251 e. The van der Waals surface area contributed by atoms with Crippen molar-refractivity contribution < 1.29 is 9.53 Å². The highest BCUT2D eigenvalue weighted by atomic mass is 16.5. The molecular formula is C24H27N5O2. The highest BCUT2D eigenvalue weighted by molar-refractivity contribution is 5.94. The van der Waals surface area contributed by atoms with Gasteiger partial charge in [-0.25, -0.2) is 0 Å². The zero-order valence-electron chi connectivity index (χ0n) is 17.8. The predicted octanol–water partition coefficient (Wildman–Crippen LogP) is 3.59. The SMILES string of the molecule is CNc1ccccc1-c1ccc(N2CCCC(NC(=O)c3ccc(OC)cc3)C2)nn1. The van der Waals surface area contributed by atoms with Crippen molar-refractivity contribution in [2.75, 3.05) is 37.5 Å². The summed E-state index contributed by atoms with van der Waals surface area (Å²) < 4.78 is 5.16. The van der Waals surface area contributed by atoms with Crippen LogP contribution in [-0.2, 0) is 0 Å². The van der Waals surface area contributed by atoms with Crippen LogP contribution in [0.5, 0.6) is 5.75 Å². The van der Waals surface area contributed by atoms with E-state index in [0.717, 1.165) is 47.9 Å². The Balaban J connectivity index is 1.41. The standard InChI is InChI=1S/C24H27N5O2/c1-25-21-8-4-3-7-20(21)22-13-14-23(28-27-22)29-15-5-6-18(16-29)26-24(30)17-9-11-19(31-2)12-10-17/h3-4,7-14,18,25H,5-6,15-16H2,1-2H3,(H,26,30). The van der Waals surface area contributed by atoms with Crippen LogP contribution < -0.4 is 20.3 Å². The van der Waals surface area contributed by atoms with E-state index in [2.05, 4.69) is 25.7 Å². The largest absolute Gasteiger partial charge is 0.497 e. The Labute approximate surface area is 182 Å². The van der Waals surface area contributed by atoms with Gasteiger partial charge in [-0.1, -0.05) is 18.2 Å². The molecule has 1 atom stereocenters. The number of carbonyl (C=O) groups excluding carboxylic acids is 1. The molecular weight excluding hydrogens is 390 g/mol. The van der Waals surface area contributed by atoms with E-state index < -0.39 is 0 Å². The van der Waals surface area contributed by atoms with E-state index >= 15 is 0 Å². The maximum Gasteiger partial charge on any atom is 0.251 e. The van der Waals surface area contributed by atoms with Gasteiger partial charge in [0.05, 0.1) is 12.8 Å². The van der Waals surface area contributed by atoms with Crippen molar-refractivity contribution in [3.05, 3.63) is 66.2 Å². The lowest BCUT2D eigenvalue weighted by Gasteiger charge is -2.33. The first-order chi connectivity index (χ1) is 15.2. The molecule has 0 aliphatic carbocycles. The third-order valence-electron chi connectivity index (χ3n) is 5.56. The number of anilines is 2. The number of rotatable bonds is 6. The zero-order chi connectivity index (χ0) is 21.6. The third-order valence-corrected chi connectivity index (χ3v) is 5.56. The molecule has 0 saturated carbocycles. The number of methoxy groups -OCH3 is 1. The van der Waals surface area contributed by atoms with Crippen molar-refractivity contribution in [2.24, 2.45) is 0 Å². The Morgan fingerprint density at radius 2 is 1.87 bits per heavy atom. The molecule has 1 aromatic heterocycles. The average molecular weight is 418 g/mol. The van der Waals surface area contributed by atoms with Gasteiger partial charge in [0.2, 0.25) is 0 Å². The van der Waals surface area contributed by atoms with Crippen LogP contribution in [0, 0.1) is 0 Å². The summed E-state index contributed by atoms with van der Waals surface area (Å²) in [5.74, 6) is 1.49. The molecule has 2 N–H and O–H groups in total. The number of carbonyl (C=O) groups is 1. The molecule has 0 bridgehead atoms. The molecule has 4 rings (SSSR count). The van der Waals surface area contributed by atoms with Crippen LogP contribution in [0.25, 0.3) is 11.3 Å². The van der Waals surface area contributed by atoms with Crippen molar-refractivity contribution in [1.82, 2.24) is 15.5 Å². The first-order valence-corrected chi connectivity index (χ1v) is 10.5. The number of nitrogens with zero attached hydrogens (tertiary/aromatic N) is 3. The molecule has 1 fully saturated rings. The molecule has 7 heteroatoms. The second kappa shape index (κ2) is 9.47. The van der Waals surface area contributed by atoms with Crippen LogP contribution in [0.15, 0.2) is 60.7 Å². The summed E-state index contributed by atoms with van der Waals surface area (Å²) in [5.41, 5.74) is 3.50. The van der Waals surface area contributed by atoms with Gasteiger partial charge in [0.25, 0.3) is 5.91 Å². The third kappa shape index (κ3) is 4.77. The van der Waals surface area contributed by atoms with Gasteiger partial charge in [-0.3, -0.25) is 4.79 Å². The van der Waals surface area contributed by atoms with E-state index in [0.29, 0.717) is 12.1 Å². The summed E-state index contributed by atoms with van der Waals surface area (Å²) in [6.45, 7) is 1.61. The average Bonchev–Trinajstić information content (AvgIpc) is 2.84. The van der Waals surface area contributed by atoms with Crippen LogP contribution in [0.1, 0.15) is 23.2 Å². The Morgan fingerprint density at radius 3 is 2.58 bits per heavy atom. The molecule has 0 spiro atoms. The number of nitrogens with one attached hydrogen (secondary N) is 2. The first kappa shape index (κ1) is 20.7. The predicted molar refractivity (Wildman–Crippen MR) is 123 cm³/mol. The summed E-state index contributed by atoms with van der Waals surface area (Å²) in [4.78, 5) is 14.8. The lowest BCUT2D eigenvalue weighted by molar-refractivity contribution is 0.0933. The summed E-state index contributed by atoms with van der Waals surface area (Å²) >= 11 is 0. The zero-order valence-corrected chi connectivity index (χ0v) is 17.8. The summed E-state index contributed by atoms with van der Waals surface area (Å²) in [5, 5.41) is 15.3. The fraction of sp³-hybridized carbons (Fsp3) is 0.292. The van der Waals surface area contributed by atoms with Crippen molar-refractivity contribution >= 4 is 17.4 Å². The fourth-order valence-corrected chi connectivity index (χ4v) is 3.88. The number of benzene rings is 2. The highest BCUT2D eigenvalue weighted by Gasteiger charge is 2.23. The Hall–Kier alpha value is -3.61. The lowest BCUT2D eigenvalue weighted by atomic mass is 10.0. The molecule has 2 heterocycles. The molecule has 1 amide bonds. The van der Waals surface area contributed by atoms with E-state index in [9.17, 15) is 4.79 Å². The van der Waals surface area contributed by atoms with Crippen LogP contribution in [-0.4, -0.2) is 49.4 Å². The Morgan fingerprint density at radius 1 is 1.06 bits per heavy atom. The summed E-state index contributed by atoms with van der Waals surface area (Å²) in [6.07, 6.45) is 1.93. The number of aromatic nitrogens is 2. The van der Waals surface area contributed by atoms with Crippen LogP contribution in [0.2, 0.25) is 0 Å². The maximum atomic E-state index is 12.6. The molecule has 7 nitrogen and oxygen atoms in total. The number of piperidine rings is 1. The minimum absolute atomic E-state index is 0.0647. The first-order valence-electron chi connectivity index (χ1n) is 10.5. The number of hydrogen-bond acceptors (Lipinski definition) is 6. The Kier molecular flexibility index (Phi) is 6.31. The number of para-hydroxylation sites is 1. The number of ether oxygens (including phenoxy) is 1. The molecule has 1 aliphatic heterocycles. The summed E-state index contributed by atoms with van der Waals surface area (Å²) in [7, 11) is 3.51. The van der Waals surface area contributed by atoms with Gasteiger partial charge in [0.15, 0.2) is 5.82 Å². The van der Waals surface area contributed by atoms with Gasteiger partial charge in [0.1, 0.15) is 5.75 Å². The van der Waals surface area contributed by atoms with E-state index in [1.54, 1.807) is 31.4 Å². The van der Waals surface area contributed by atoms with Crippen LogP contribution >= 0.6 is 0 Å². The van der Waals surface area contributed by atoms with Gasteiger partial charge < -0.3 is 20.3 Å². The molecule has 160 valence electrons. The second-order valence-corrected chi connectivity index (χ2v) is 7.56. The molecule has 0 radical (unpaired) electrons. The molecule has 1 unspecified atom stereocenters. The fourth-order valence-electron chi connectivity index (χ4n) is 3.88. The van der Waals surface area contributed by atoms with Crippen molar-refractivity contribution in [3.63, 3.8) is 0 Å². The monoisotopic (exact) mass is 417 g/mol. The number of hydrogen-bond donors (Lipinski definition) is 2. The number of amides is 1. The molecule has 2 aromatic carbocycles. The Bertz CT molecular complexity index is 1020. The molecule has 31 heavy (non-hydrogen) atoms. The molecule has 3 aromatic rings. The maximum absolute atomic E-state index is 12.6. The van der Waals surface area contributed by atoms with Crippen molar-refractivity contribution in [1.29, 1.82) is 0 Å². The van der Waals surface area contributed by atoms with E-state index in [-0.39, 0.29) is 11.9 Å². The normalized spacial score (nSPS) is 15.9.